The third-order valence-electron chi connectivity index (χ3n) is 1.98. The fourth-order valence-corrected chi connectivity index (χ4v) is 1.25. The lowest BCUT2D eigenvalue weighted by Gasteiger charge is -2.10. The van der Waals surface area contributed by atoms with E-state index < -0.39 is 12.0 Å². The smallest absolute Gasteiger partial charge is 0.317 e. The average molecular weight is 207 g/mol. The molecule has 0 aromatic heterocycles. The number of benzene rings is 1. The number of carbonyl (C=O) groups is 2. The Bertz CT molecular complexity index is 324. The Morgan fingerprint density at radius 2 is 2.07 bits per heavy atom. The Kier molecular flexibility index (Phi) is 4.50. The number of aliphatic carboxylic acids is 1. The second-order valence-electron chi connectivity index (χ2n) is 3.21. The lowest BCUT2D eigenvalue weighted by molar-refractivity contribution is -0.136. The summed E-state index contributed by atoms with van der Waals surface area (Å²) in [5.41, 5.74) is 1.01. The van der Waals surface area contributed by atoms with Crippen molar-refractivity contribution in [2.45, 2.75) is 12.5 Å². The molecule has 0 saturated heterocycles. The van der Waals surface area contributed by atoms with Gasteiger partial charge < -0.3 is 9.90 Å². The minimum Gasteiger partial charge on any atom is -0.480 e. The van der Waals surface area contributed by atoms with Gasteiger partial charge in [-0.3, -0.25) is 10.1 Å². The number of carboxylic acid groups (broad SMARTS) is 1. The van der Waals surface area contributed by atoms with Gasteiger partial charge in [-0.2, -0.15) is 0 Å². The van der Waals surface area contributed by atoms with Crippen molar-refractivity contribution in [3.05, 3.63) is 35.9 Å². The number of hydrogen-bond donors (Lipinski definition) is 2. The van der Waals surface area contributed by atoms with Crippen molar-refractivity contribution in [3.63, 3.8) is 0 Å². The van der Waals surface area contributed by atoms with Crippen molar-refractivity contribution in [1.82, 2.24) is 5.32 Å². The molecule has 1 rings (SSSR count). The molecule has 80 valence electrons. The van der Waals surface area contributed by atoms with E-state index >= 15 is 0 Å². The maximum Gasteiger partial charge on any atom is 0.317 e. The second kappa shape index (κ2) is 5.93. The topological polar surface area (TPSA) is 66.4 Å². The molecule has 1 aromatic carbocycles. The number of aldehydes is 1. The summed E-state index contributed by atoms with van der Waals surface area (Å²) in [7, 11) is 0. The van der Waals surface area contributed by atoms with Gasteiger partial charge in [0.25, 0.3) is 0 Å². The Hall–Kier alpha value is -1.68. The molecule has 0 aliphatic rings. The Labute approximate surface area is 87.9 Å². The van der Waals surface area contributed by atoms with Crippen LogP contribution in [0.5, 0.6) is 0 Å². The van der Waals surface area contributed by atoms with Gasteiger partial charge in [0.2, 0.25) is 0 Å². The van der Waals surface area contributed by atoms with E-state index in [-0.39, 0.29) is 6.54 Å². The average Bonchev–Trinajstić information content (AvgIpc) is 2.25. The summed E-state index contributed by atoms with van der Waals surface area (Å²) in [6, 6.07) is 9.02. The first-order valence-corrected chi connectivity index (χ1v) is 4.67. The lowest BCUT2D eigenvalue weighted by atomic mass is 10.1. The quantitative estimate of drug-likeness (QED) is 0.665. The molecular formula is C11H13NO3. The van der Waals surface area contributed by atoms with Crippen LogP contribution in [0.4, 0.5) is 0 Å². The van der Waals surface area contributed by atoms with Gasteiger partial charge in [-0.05, 0) is 12.0 Å². The van der Waals surface area contributed by atoms with Crippen LogP contribution in [0.15, 0.2) is 30.3 Å². The monoisotopic (exact) mass is 207 g/mol. The van der Waals surface area contributed by atoms with Gasteiger partial charge >= 0.3 is 5.97 Å². The van der Waals surface area contributed by atoms with Gasteiger partial charge in [-0.15, -0.1) is 0 Å². The van der Waals surface area contributed by atoms with Gasteiger partial charge in [-0.25, -0.2) is 0 Å². The number of rotatable bonds is 6. The van der Waals surface area contributed by atoms with E-state index in [4.69, 9.17) is 5.11 Å². The highest BCUT2D eigenvalue weighted by Crippen LogP contribution is 2.01. The zero-order valence-electron chi connectivity index (χ0n) is 8.22. The highest BCUT2D eigenvalue weighted by Gasteiger charge is 2.08. The van der Waals surface area contributed by atoms with Gasteiger partial charge in [-0.1, -0.05) is 30.3 Å². The Morgan fingerprint density at radius 1 is 1.40 bits per heavy atom. The van der Waals surface area contributed by atoms with Crippen LogP contribution in [0.2, 0.25) is 0 Å². The molecule has 0 fully saturated rings. The lowest BCUT2D eigenvalue weighted by Crippen LogP contribution is -2.36. The third kappa shape index (κ3) is 4.37. The van der Waals surface area contributed by atoms with Crippen molar-refractivity contribution in [2.24, 2.45) is 0 Å². The van der Waals surface area contributed by atoms with E-state index in [1.54, 1.807) is 0 Å². The predicted molar refractivity (Wildman–Crippen MR) is 55.6 cm³/mol. The normalized spacial score (nSPS) is 12.0. The fourth-order valence-electron chi connectivity index (χ4n) is 1.25. The SMILES string of the molecule is O=C[C@@H](Cc1ccccc1)NCC(=O)O. The Balaban J connectivity index is 2.47. The summed E-state index contributed by atoms with van der Waals surface area (Å²) in [4.78, 5) is 21.0. The summed E-state index contributed by atoms with van der Waals surface area (Å²) in [5.74, 6) is -0.963. The van der Waals surface area contributed by atoms with E-state index in [0.29, 0.717) is 6.42 Å². The number of nitrogens with one attached hydrogen (secondary N) is 1. The molecule has 0 unspecified atom stereocenters. The molecule has 0 bridgehead atoms. The van der Waals surface area contributed by atoms with Crippen LogP contribution in [0.1, 0.15) is 5.56 Å². The molecule has 4 heteroatoms. The standard InChI is InChI=1S/C11H13NO3/c13-8-10(12-7-11(14)15)6-9-4-2-1-3-5-9/h1-5,8,10,12H,6-7H2,(H,14,15)/t10-/m1/s1. The van der Waals surface area contributed by atoms with Gasteiger partial charge in [0.1, 0.15) is 6.29 Å². The zero-order valence-corrected chi connectivity index (χ0v) is 8.22. The second-order valence-corrected chi connectivity index (χ2v) is 3.21. The number of hydrogen-bond acceptors (Lipinski definition) is 3. The molecule has 0 heterocycles. The molecule has 0 radical (unpaired) electrons. The molecule has 0 saturated carbocycles. The summed E-state index contributed by atoms with van der Waals surface area (Å²) in [6.45, 7) is -0.198. The van der Waals surface area contributed by atoms with Crippen LogP contribution in [0.3, 0.4) is 0 Å². The van der Waals surface area contributed by atoms with Crippen LogP contribution in [0.25, 0.3) is 0 Å². The summed E-state index contributed by atoms with van der Waals surface area (Å²) < 4.78 is 0. The highest BCUT2D eigenvalue weighted by atomic mass is 16.4. The fraction of sp³-hybridized carbons (Fsp3) is 0.273. The molecule has 1 atom stereocenters. The van der Waals surface area contributed by atoms with Crippen LogP contribution in [-0.4, -0.2) is 29.9 Å². The van der Waals surface area contributed by atoms with Crippen molar-refractivity contribution in [2.75, 3.05) is 6.54 Å². The largest absolute Gasteiger partial charge is 0.480 e. The van der Waals surface area contributed by atoms with Crippen LogP contribution in [-0.2, 0) is 16.0 Å². The van der Waals surface area contributed by atoms with Crippen molar-refractivity contribution in [3.8, 4) is 0 Å². The minimum atomic E-state index is -0.963. The van der Waals surface area contributed by atoms with Gasteiger partial charge in [0, 0.05) is 0 Å². The van der Waals surface area contributed by atoms with Crippen LogP contribution in [0, 0.1) is 0 Å². The summed E-state index contributed by atoms with van der Waals surface area (Å²) in [6.07, 6.45) is 1.24. The first-order valence-electron chi connectivity index (χ1n) is 4.67. The molecule has 2 N–H and O–H groups in total. The van der Waals surface area contributed by atoms with E-state index in [1.165, 1.54) is 0 Å². The number of carboxylic acids is 1. The van der Waals surface area contributed by atoms with E-state index in [1.807, 2.05) is 30.3 Å². The first kappa shape index (κ1) is 11.4. The minimum absolute atomic E-state index is 0.198. The summed E-state index contributed by atoms with van der Waals surface area (Å²) >= 11 is 0. The van der Waals surface area contributed by atoms with E-state index in [9.17, 15) is 9.59 Å². The number of carbonyl (C=O) groups excluding carboxylic acids is 1. The molecular weight excluding hydrogens is 194 g/mol. The van der Waals surface area contributed by atoms with Crippen LogP contribution < -0.4 is 5.32 Å². The molecule has 15 heavy (non-hydrogen) atoms. The van der Waals surface area contributed by atoms with Crippen LogP contribution >= 0.6 is 0 Å². The maximum absolute atomic E-state index is 10.7. The molecule has 0 aliphatic carbocycles. The zero-order chi connectivity index (χ0) is 11.1. The van der Waals surface area contributed by atoms with E-state index in [0.717, 1.165) is 11.8 Å². The van der Waals surface area contributed by atoms with Crippen molar-refractivity contribution in [1.29, 1.82) is 0 Å². The molecule has 0 amide bonds. The van der Waals surface area contributed by atoms with Gasteiger partial charge in [0.15, 0.2) is 0 Å². The van der Waals surface area contributed by atoms with E-state index in [2.05, 4.69) is 5.32 Å². The van der Waals surface area contributed by atoms with Gasteiger partial charge in [0.05, 0.1) is 12.6 Å². The molecule has 0 aliphatic heterocycles. The molecule has 4 nitrogen and oxygen atoms in total. The third-order valence-corrected chi connectivity index (χ3v) is 1.98. The highest BCUT2D eigenvalue weighted by molar-refractivity contribution is 5.70. The molecule has 1 aromatic rings. The van der Waals surface area contributed by atoms with Crippen molar-refractivity contribution >= 4 is 12.3 Å². The maximum atomic E-state index is 10.7. The summed E-state index contributed by atoms with van der Waals surface area (Å²) in [5, 5.41) is 11.1. The first-order chi connectivity index (χ1) is 7.22. The van der Waals surface area contributed by atoms with Crippen molar-refractivity contribution < 1.29 is 14.7 Å². The Morgan fingerprint density at radius 3 is 2.60 bits per heavy atom. The molecule has 0 spiro atoms. The predicted octanol–water partition coefficient (Wildman–Crippen LogP) is 0.471.